The van der Waals surface area contributed by atoms with E-state index in [1.807, 2.05) is 13.8 Å². The third kappa shape index (κ3) is 8.54. The normalized spacial score (nSPS) is 19.0. The second-order valence-corrected chi connectivity index (χ2v) is 19.4. The van der Waals surface area contributed by atoms with E-state index in [9.17, 15) is 34.8 Å². The molecule has 2 saturated heterocycles. The van der Waals surface area contributed by atoms with E-state index in [0.717, 1.165) is 11.1 Å². The fraction of sp³-hybridized carbons (Fsp3) is 0.316. The molecule has 0 bridgehead atoms. The van der Waals surface area contributed by atoms with Crippen LogP contribution in [-0.4, -0.2) is 71.9 Å². The summed E-state index contributed by atoms with van der Waals surface area (Å²) >= 11 is 0. The summed E-state index contributed by atoms with van der Waals surface area (Å²) in [6, 6.07) is 24.6. The van der Waals surface area contributed by atoms with Gasteiger partial charge in [0.05, 0.1) is 31.4 Å². The van der Waals surface area contributed by atoms with Gasteiger partial charge in [-0.2, -0.15) is 8.61 Å². The molecular formula is C38H42N4O8S3. The Morgan fingerprint density at radius 1 is 0.509 bits per heavy atom. The van der Waals surface area contributed by atoms with Crippen LogP contribution in [0.3, 0.4) is 0 Å². The summed E-state index contributed by atoms with van der Waals surface area (Å²) in [5.41, 5.74) is 2.63. The summed E-state index contributed by atoms with van der Waals surface area (Å²) in [6.45, 7) is 4.47. The van der Waals surface area contributed by atoms with Crippen molar-refractivity contribution in [2.75, 3.05) is 36.8 Å². The zero-order valence-corrected chi connectivity index (χ0v) is 31.9. The van der Waals surface area contributed by atoms with Gasteiger partial charge in [-0.3, -0.25) is 9.59 Å². The van der Waals surface area contributed by atoms with Crippen LogP contribution in [0.4, 0.5) is 11.4 Å². The molecular weight excluding hydrogens is 737 g/mol. The van der Waals surface area contributed by atoms with E-state index in [0.29, 0.717) is 50.1 Å². The smallest absolute Gasteiger partial charge is 0.243 e. The maximum Gasteiger partial charge on any atom is 0.243 e. The Morgan fingerprint density at radius 3 is 1.17 bits per heavy atom. The highest BCUT2D eigenvalue weighted by Gasteiger charge is 2.35. The molecule has 0 aromatic heterocycles. The number of aryl methyl sites for hydroxylation is 2. The van der Waals surface area contributed by atoms with Crippen LogP contribution in [0.15, 0.2) is 117 Å². The number of nitrogens with zero attached hydrogens (tertiary/aromatic N) is 2. The molecule has 4 aromatic carbocycles. The topological polar surface area (TPSA) is 167 Å². The molecule has 2 heterocycles. The zero-order valence-electron chi connectivity index (χ0n) is 29.4. The molecule has 0 spiro atoms. The summed E-state index contributed by atoms with van der Waals surface area (Å²) in [5.74, 6) is -1.85. The average molecular weight is 779 g/mol. The molecule has 2 amide bonds. The fourth-order valence-electron chi connectivity index (χ4n) is 6.53. The van der Waals surface area contributed by atoms with Crippen molar-refractivity contribution in [2.45, 2.75) is 59.1 Å². The Kier molecular flexibility index (Phi) is 11.2. The van der Waals surface area contributed by atoms with Gasteiger partial charge < -0.3 is 10.6 Å². The highest BCUT2D eigenvalue weighted by molar-refractivity contribution is 7.91. The summed E-state index contributed by atoms with van der Waals surface area (Å²) in [6.07, 6.45) is 2.09. The number of carbonyl (C=O) groups is 2. The first-order valence-corrected chi connectivity index (χ1v) is 21.7. The minimum absolute atomic E-state index is 0.00241. The van der Waals surface area contributed by atoms with Crippen molar-refractivity contribution in [2.24, 2.45) is 11.8 Å². The molecule has 0 aliphatic carbocycles. The Bertz CT molecular complexity index is 2140. The van der Waals surface area contributed by atoms with Crippen molar-refractivity contribution in [3.63, 3.8) is 0 Å². The van der Waals surface area contributed by atoms with E-state index >= 15 is 0 Å². The van der Waals surface area contributed by atoms with Crippen molar-refractivity contribution >= 4 is 53.1 Å². The van der Waals surface area contributed by atoms with E-state index in [-0.39, 0.29) is 44.5 Å². The lowest BCUT2D eigenvalue weighted by Gasteiger charge is -2.31. The van der Waals surface area contributed by atoms with Crippen molar-refractivity contribution in [3.8, 4) is 0 Å². The lowest BCUT2D eigenvalue weighted by molar-refractivity contribution is -0.121. The fourth-order valence-corrected chi connectivity index (χ4v) is 10.8. The molecule has 6 rings (SSSR count). The lowest BCUT2D eigenvalue weighted by atomic mass is 9.99. The van der Waals surface area contributed by atoms with Gasteiger partial charge in [-0.15, -0.1) is 0 Å². The Morgan fingerprint density at radius 2 is 0.830 bits per heavy atom. The molecule has 280 valence electrons. The zero-order chi connectivity index (χ0) is 38.0. The summed E-state index contributed by atoms with van der Waals surface area (Å²) < 4.78 is 82.3. The SMILES string of the molecule is Cc1ccc(S(=O)(=O)N2CCC[C@H](C(=O)Nc3ccc(S(=O)(=O)c4ccc(NC(=O)[C@H]5CCCN(S(=O)(=O)c6ccc(C)cc6)C5)cc4)cc3)C2)cc1. The Labute approximate surface area is 311 Å². The molecule has 2 atom stereocenters. The third-order valence-electron chi connectivity index (χ3n) is 9.69. The summed E-state index contributed by atoms with van der Waals surface area (Å²) in [7, 11) is -11.5. The maximum atomic E-state index is 13.4. The number of sulfonamides is 2. The maximum absolute atomic E-state index is 13.4. The number of carbonyl (C=O) groups excluding carboxylic acids is 2. The predicted octanol–water partition coefficient (Wildman–Crippen LogP) is 5.22. The minimum atomic E-state index is -3.95. The van der Waals surface area contributed by atoms with Crippen molar-refractivity contribution in [1.29, 1.82) is 0 Å². The molecule has 4 aromatic rings. The number of anilines is 2. The molecule has 2 aliphatic heterocycles. The second kappa shape index (κ2) is 15.5. The molecule has 0 radical (unpaired) electrons. The van der Waals surface area contributed by atoms with Crippen LogP contribution in [0.5, 0.6) is 0 Å². The van der Waals surface area contributed by atoms with E-state index in [2.05, 4.69) is 10.6 Å². The van der Waals surface area contributed by atoms with Crippen LogP contribution in [0.2, 0.25) is 0 Å². The predicted molar refractivity (Wildman–Crippen MR) is 201 cm³/mol. The molecule has 2 N–H and O–H groups in total. The van der Waals surface area contributed by atoms with E-state index < -0.39 is 41.7 Å². The van der Waals surface area contributed by atoms with Crippen molar-refractivity contribution < 1.29 is 34.8 Å². The summed E-state index contributed by atoms with van der Waals surface area (Å²) in [4.78, 5) is 26.7. The number of nitrogens with one attached hydrogen (secondary N) is 2. The Hall–Kier alpha value is -4.41. The molecule has 53 heavy (non-hydrogen) atoms. The number of hydrogen-bond acceptors (Lipinski definition) is 8. The molecule has 2 aliphatic rings. The Balaban J connectivity index is 1.04. The molecule has 12 nitrogen and oxygen atoms in total. The second-order valence-electron chi connectivity index (χ2n) is 13.6. The van der Waals surface area contributed by atoms with Gasteiger partial charge in [0, 0.05) is 37.6 Å². The van der Waals surface area contributed by atoms with Crippen LogP contribution in [-0.2, 0) is 39.5 Å². The van der Waals surface area contributed by atoms with E-state index in [1.54, 1.807) is 48.5 Å². The number of amides is 2. The van der Waals surface area contributed by atoms with Crippen molar-refractivity contribution in [1.82, 2.24) is 8.61 Å². The van der Waals surface area contributed by atoms with Gasteiger partial charge in [0.15, 0.2) is 0 Å². The first-order valence-electron chi connectivity index (χ1n) is 17.4. The number of piperidine rings is 2. The number of rotatable bonds is 10. The monoisotopic (exact) mass is 778 g/mol. The van der Waals surface area contributed by atoms with Crippen LogP contribution in [0.1, 0.15) is 36.8 Å². The highest BCUT2D eigenvalue weighted by atomic mass is 32.2. The van der Waals surface area contributed by atoms with Gasteiger partial charge in [-0.25, -0.2) is 25.3 Å². The summed E-state index contributed by atoms with van der Waals surface area (Å²) in [5, 5.41) is 5.58. The first kappa shape index (κ1) is 38.3. The lowest BCUT2D eigenvalue weighted by Crippen LogP contribution is -2.43. The number of hydrogen-bond donors (Lipinski definition) is 2. The van der Waals surface area contributed by atoms with Crippen LogP contribution >= 0.6 is 0 Å². The first-order chi connectivity index (χ1) is 25.1. The van der Waals surface area contributed by atoms with E-state index in [1.165, 1.54) is 57.1 Å². The largest absolute Gasteiger partial charge is 0.326 e. The van der Waals surface area contributed by atoms with Gasteiger partial charge >= 0.3 is 0 Å². The van der Waals surface area contributed by atoms with Gasteiger partial charge in [0.1, 0.15) is 0 Å². The van der Waals surface area contributed by atoms with Crippen molar-refractivity contribution in [3.05, 3.63) is 108 Å². The molecule has 15 heteroatoms. The molecule has 0 saturated carbocycles. The van der Waals surface area contributed by atoms with E-state index in [4.69, 9.17) is 0 Å². The number of sulfone groups is 1. The molecule has 0 unspecified atom stereocenters. The average Bonchev–Trinajstić information content (AvgIpc) is 3.15. The van der Waals surface area contributed by atoms with Gasteiger partial charge in [0.25, 0.3) is 0 Å². The minimum Gasteiger partial charge on any atom is -0.326 e. The van der Waals surface area contributed by atoms with Crippen LogP contribution < -0.4 is 10.6 Å². The standard InChI is InChI=1S/C38H42N4O8S3/c1-27-7-15-35(16-8-27)52(47,48)41-23-3-5-29(25-41)37(43)39-31-11-19-33(20-12-31)51(45,46)34-21-13-32(14-22-34)40-38(44)30-6-4-24-42(26-30)53(49,50)36-17-9-28(2)10-18-36/h7-22,29-30H,3-6,23-26H2,1-2H3,(H,39,43)(H,40,44)/t29-,30-/m0/s1. The number of benzene rings is 4. The third-order valence-corrected chi connectivity index (χ3v) is 15.2. The van der Waals surface area contributed by atoms with Gasteiger partial charge in [-0.1, -0.05) is 35.4 Å². The quantitative estimate of drug-likeness (QED) is 0.221. The van der Waals surface area contributed by atoms with Crippen LogP contribution in [0, 0.1) is 25.7 Å². The molecule has 2 fully saturated rings. The highest BCUT2D eigenvalue weighted by Crippen LogP contribution is 2.29. The van der Waals surface area contributed by atoms with Crippen LogP contribution in [0.25, 0.3) is 0 Å². The van der Waals surface area contributed by atoms with Gasteiger partial charge in [-0.05, 0) is 112 Å². The van der Waals surface area contributed by atoms with Gasteiger partial charge in [0.2, 0.25) is 41.7 Å².